The second-order valence-electron chi connectivity index (χ2n) is 6.14. The molecule has 1 aliphatic rings. The number of carbonyl (C=O) groups excluding carboxylic acids is 1. The number of hydrogen-bond acceptors (Lipinski definition) is 5. The number of hydrogen-bond donors (Lipinski definition) is 2. The maximum absolute atomic E-state index is 12.8. The number of nitrogens with zero attached hydrogens (tertiary/aromatic N) is 2. The maximum atomic E-state index is 12.8. The van der Waals surface area contributed by atoms with Gasteiger partial charge in [-0.2, -0.15) is 5.10 Å². The van der Waals surface area contributed by atoms with Gasteiger partial charge >= 0.3 is 0 Å². The molecule has 1 amide bonds. The minimum atomic E-state index is -3.57. The van der Waals surface area contributed by atoms with Crippen LogP contribution in [0.1, 0.15) is 24.6 Å². The first-order chi connectivity index (χ1) is 12.4. The molecule has 140 valence electrons. The van der Waals surface area contributed by atoms with E-state index in [1.54, 1.807) is 23.0 Å². The van der Waals surface area contributed by atoms with Gasteiger partial charge in [-0.05, 0) is 44.2 Å². The molecule has 2 N–H and O–H groups in total. The summed E-state index contributed by atoms with van der Waals surface area (Å²) in [4.78, 5) is 12.9. The lowest BCUT2D eigenvalue weighted by molar-refractivity contribution is -0.129. The average Bonchev–Trinajstić information content (AvgIpc) is 3.07. The number of nitrogens with one attached hydrogen (secondary N) is 2. The molecule has 0 radical (unpaired) electrons. The highest BCUT2D eigenvalue weighted by Gasteiger charge is 2.34. The van der Waals surface area contributed by atoms with Crippen molar-refractivity contribution < 1.29 is 17.9 Å². The molecule has 0 saturated carbocycles. The molecule has 0 aliphatic carbocycles. The SMILES string of the molecule is CNS(=O)(=O)c1cccc(NC(=O)[C@@H]2CCCO[C@H]2c2ccnn2C)c1. The molecule has 0 unspecified atom stereocenters. The van der Waals surface area contributed by atoms with E-state index < -0.39 is 10.0 Å². The fourth-order valence-electron chi connectivity index (χ4n) is 3.10. The second kappa shape index (κ2) is 7.56. The Morgan fingerprint density at radius 2 is 2.15 bits per heavy atom. The molecule has 1 fully saturated rings. The van der Waals surface area contributed by atoms with Crippen LogP contribution in [0.2, 0.25) is 0 Å². The van der Waals surface area contributed by atoms with Crippen LogP contribution in [0.25, 0.3) is 0 Å². The maximum Gasteiger partial charge on any atom is 0.240 e. The summed E-state index contributed by atoms with van der Waals surface area (Å²) >= 11 is 0. The lowest BCUT2D eigenvalue weighted by Crippen LogP contribution is -2.34. The van der Waals surface area contributed by atoms with Gasteiger partial charge in [0.1, 0.15) is 6.10 Å². The molecule has 3 rings (SSSR count). The molecule has 1 saturated heterocycles. The standard InChI is InChI=1S/C17H22N4O4S/c1-18-26(23,24)13-6-3-5-12(11-13)20-17(22)14-7-4-10-25-16(14)15-8-9-19-21(15)2/h3,5-6,8-9,11,14,16,18H,4,7,10H2,1-2H3,(H,20,22)/t14-,16-/m1/s1. The average molecular weight is 378 g/mol. The Kier molecular flexibility index (Phi) is 5.40. The van der Waals surface area contributed by atoms with Crippen LogP contribution in [0.15, 0.2) is 41.4 Å². The number of aryl methyl sites for hydroxylation is 1. The van der Waals surface area contributed by atoms with Crippen LogP contribution in [-0.4, -0.2) is 37.8 Å². The zero-order valence-electron chi connectivity index (χ0n) is 14.7. The zero-order valence-corrected chi connectivity index (χ0v) is 15.5. The van der Waals surface area contributed by atoms with Crippen molar-refractivity contribution >= 4 is 21.6 Å². The molecule has 0 spiro atoms. The van der Waals surface area contributed by atoms with Gasteiger partial charge in [0, 0.05) is 25.5 Å². The third kappa shape index (κ3) is 3.79. The van der Waals surface area contributed by atoms with Gasteiger partial charge in [-0.3, -0.25) is 9.48 Å². The van der Waals surface area contributed by atoms with Crippen molar-refractivity contribution in [2.24, 2.45) is 13.0 Å². The summed E-state index contributed by atoms with van der Waals surface area (Å²) in [5.41, 5.74) is 1.28. The molecular formula is C17H22N4O4S. The van der Waals surface area contributed by atoms with Crippen LogP contribution in [0.3, 0.4) is 0 Å². The van der Waals surface area contributed by atoms with E-state index in [0.29, 0.717) is 18.7 Å². The molecule has 2 aromatic rings. The van der Waals surface area contributed by atoms with Crippen molar-refractivity contribution in [3.63, 3.8) is 0 Å². The lowest BCUT2D eigenvalue weighted by Gasteiger charge is -2.30. The van der Waals surface area contributed by atoms with Crippen LogP contribution in [0, 0.1) is 5.92 Å². The minimum absolute atomic E-state index is 0.0980. The number of aromatic nitrogens is 2. The molecule has 0 bridgehead atoms. The second-order valence-corrected chi connectivity index (χ2v) is 8.03. The zero-order chi connectivity index (χ0) is 18.7. The lowest BCUT2D eigenvalue weighted by atomic mass is 9.91. The summed E-state index contributed by atoms with van der Waals surface area (Å²) in [6, 6.07) is 8.01. The summed E-state index contributed by atoms with van der Waals surface area (Å²) < 4.78 is 33.7. The Bertz CT molecular complexity index is 894. The molecule has 1 aromatic heterocycles. The van der Waals surface area contributed by atoms with Crippen molar-refractivity contribution in [3.8, 4) is 0 Å². The Labute approximate surface area is 152 Å². The number of ether oxygens (including phenoxy) is 1. The van der Waals surface area contributed by atoms with Crippen molar-refractivity contribution in [3.05, 3.63) is 42.2 Å². The number of carbonyl (C=O) groups is 1. The molecule has 1 aromatic carbocycles. The summed E-state index contributed by atoms with van der Waals surface area (Å²) in [7, 11) is -0.411. The molecule has 2 atom stereocenters. The van der Waals surface area contributed by atoms with E-state index in [-0.39, 0.29) is 22.8 Å². The van der Waals surface area contributed by atoms with Gasteiger partial charge in [0.15, 0.2) is 0 Å². The highest BCUT2D eigenvalue weighted by atomic mass is 32.2. The van der Waals surface area contributed by atoms with Crippen molar-refractivity contribution in [1.82, 2.24) is 14.5 Å². The summed E-state index contributed by atoms with van der Waals surface area (Å²) in [5.74, 6) is -0.571. The first kappa shape index (κ1) is 18.6. The van der Waals surface area contributed by atoms with Crippen LogP contribution in [0.5, 0.6) is 0 Å². The smallest absolute Gasteiger partial charge is 0.240 e. The number of anilines is 1. The fourth-order valence-corrected chi connectivity index (χ4v) is 3.87. The van der Waals surface area contributed by atoms with E-state index in [0.717, 1.165) is 12.1 Å². The van der Waals surface area contributed by atoms with Gasteiger partial charge < -0.3 is 10.1 Å². The molecule has 2 heterocycles. The molecule has 1 aliphatic heterocycles. The van der Waals surface area contributed by atoms with Crippen molar-refractivity contribution in [2.45, 2.75) is 23.8 Å². The van der Waals surface area contributed by atoms with Gasteiger partial charge in [0.25, 0.3) is 0 Å². The van der Waals surface area contributed by atoms with Gasteiger partial charge in [-0.15, -0.1) is 0 Å². The number of amides is 1. The highest BCUT2D eigenvalue weighted by molar-refractivity contribution is 7.89. The van der Waals surface area contributed by atoms with Gasteiger partial charge in [0.2, 0.25) is 15.9 Å². The molecule has 8 nitrogen and oxygen atoms in total. The van der Waals surface area contributed by atoms with Crippen LogP contribution >= 0.6 is 0 Å². The third-order valence-corrected chi connectivity index (χ3v) is 5.90. The molecule has 26 heavy (non-hydrogen) atoms. The van der Waals surface area contributed by atoms with Crippen LogP contribution < -0.4 is 10.0 Å². The van der Waals surface area contributed by atoms with E-state index in [4.69, 9.17) is 4.74 Å². The Hall–Kier alpha value is -2.23. The van der Waals surface area contributed by atoms with Crippen LogP contribution in [0.4, 0.5) is 5.69 Å². The monoisotopic (exact) mass is 378 g/mol. The largest absolute Gasteiger partial charge is 0.371 e. The summed E-state index contributed by atoms with van der Waals surface area (Å²) in [5, 5.41) is 6.97. The number of benzene rings is 1. The van der Waals surface area contributed by atoms with Gasteiger partial charge in [-0.1, -0.05) is 6.07 Å². The fraction of sp³-hybridized carbons (Fsp3) is 0.412. The summed E-state index contributed by atoms with van der Waals surface area (Å²) in [6.45, 7) is 0.593. The Morgan fingerprint density at radius 1 is 1.35 bits per heavy atom. The normalized spacial score (nSPS) is 20.7. The number of sulfonamides is 1. The number of rotatable bonds is 5. The van der Waals surface area contributed by atoms with E-state index in [1.807, 2.05) is 13.1 Å². The topological polar surface area (TPSA) is 102 Å². The first-order valence-electron chi connectivity index (χ1n) is 8.36. The van der Waals surface area contributed by atoms with Crippen molar-refractivity contribution in [1.29, 1.82) is 0 Å². The van der Waals surface area contributed by atoms with Gasteiger partial charge in [-0.25, -0.2) is 13.1 Å². The van der Waals surface area contributed by atoms with E-state index in [9.17, 15) is 13.2 Å². The van der Waals surface area contributed by atoms with Crippen LogP contribution in [-0.2, 0) is 26.6 Å². The Balaban J connectivity index is 1.80. The highest BCUT2D eigenvalue weighted by Crippen LogP contribution is 2.34. The van der Waals surface area contributed by atoms with Crippen molar-refractivity contribution in [2.75, 3.05) is 19.0 Å². The van der Waals surface area contributed by atoms with Gasteiger partial charge in [0.05, 0.1) is 16.5 Å². The van der Waals surface area contributed by atoms with E-state index in [2.05, 4.69) is 15.1 Å². The Morgan fingerprint density at radius 3 is 2.85 bits per heavy atom. The van der Waals surface area contributed by atoms with E-state index >= 15 is 0 Å². The summed E-state index contributed by atoms with van der Waals surface area (Å²) in [6.07, 6.45) is 2.78. The third-order valence-electron chi connectivity index (χ3n) is 4.49. The minimum Gasteiger partial charge on any atom is -0.371 e. The quantitative estimate of drug-likeness (QED) is 0.819. The van der Waals surface area contributed by atoms with E-state index in [1.165, 1.54) is 19.2 Å². The predicted octanol–water partition coefficient (Wildman–Crippen LogP) is 1.43. The molecular weight excluding hydrogens is 356 g/mol. The molecule has 9 heteroatoms. The predicted molar refractivity (Wildman–Crippen MR) is 95.9 cm³/mol. The first-order valence-corrected chi connectivity index (χ1v) is 9.84.